The van der Waals surface area contributed by atoms with Crippen molar-refractivity contribution >= 4 is 51.4 Å². The third-order valence-electron chi connectivity index (χ3n) is 2.47. The fourth-order valence-corrected chi connectivity index (χ4v) is 2.28. The molecule has 15 heavy (non-hydrogen) atoms. The number of para-hydroxylation sites is 1. The molecule has 0 fully saturated rings. The maximum atomic E-state index is 5.27. The van der Waals surface area contributed by atoms with Crippen molar-refractivity contribution in [1.29, 1.82) is 0 Å². The van der Waals surface area contributed by atoms with E-state index in [-0.39, 0.29) is 0 Å². The van der Waals surface area contributed by atoms with Gasteiger partial charge in [-0.15, -0.1) is 0 Å². The van der Waals surface area contributed by atoms with Crippen LogP contribution in [0.25, 0.3) is 10.9 Å². The number of nitrogens with one attached hydrogen (secondary N) is 1. The van der Waals surface area contributed by atoms with Crippen LogP contribution >= 0.6 is 24.4 Å². The van der Waals surface area contributed by atoms with E-state index < -0.39 is 0 Å². The molecule has 0 radical (unpaired) electrons. The van der Waals surface area contributed by atoms with Gasteiger partial charge in [0.15, 0.2) is 0 Å². The maximum absolute atomic E-state index is 5.27. The SMILES string of the molecule is S=C1N=CC(=S)c2c1[nH]c1ccccc21. The van der Waals surface area contributed by atoms with Gasteiger partial charge in [-0.2, -0.15) is 0 Å². The van der Waals surface area contributed by atoms with Gasteiger partial charge in [0, 0.05) is 22.7 Å². The van der Waals surface area contributed by atoms with Crippen molar-refractivity contribution < 1.29 is 0 Å². The molecule has 0 spiro atoms. The van der Waals surface area contributed by atoms with Crippen LogP contribution in [0.5, 0.6) is 0 Å². The second kappa shape index (κ2) is 3.05. The Morgan fingerprint density at radius 2 is 1.93 bits per heavy atom. The van der Waals surface area contributed by atoms with Gasteiger partial charge in [-0.1, -0.05) is 42.6 Å². The predicted octanol–water partition coefficient (Wildman–Crippen LogP) is 2.65. The lowest BCUT2D eigenvalue weighted by molar-refractivity contribution is 1.41. The average Bonchev–Trinajstić information content (AvgIpc) is 2.64. The first-order valence-corrected chi connectivity index (χ1v) is 5.32. The lowest BCUT2D eigenvalue weighted by atomic mass is 10.1. The molecule has 0 saturated heterocycles. The van der Waals surface area contributed by atoms with Gasteiger partial charge in [0.1, 0.15) is 4.99 Å². The predicted molar refractivity (Wildman–Crippen MR) is 70.2 cm³/mol. The Morgan fingerprint density at radius 1 is 1.13 bits per heavy atom. The van der Waals surface area contributed by atoms with Crippen molar-refractivity contribution in [2.24, 2.45) is 4.99 Å². The van der Waals surface area contributed by atoms with Gasteiger partial charge in [-0.3, -0.25) is 0 Å². The minimum Gasteiger partial charge on any atom is -0.352 e. The van der Waals surface area contributed by atoms with Crippen molar-refractivity contribution in [3.8, 4) is 0 Å². The molecule has 2 nitrogen and oxygen atoms in total. The van der Waals surface area contributed by atoms with E-state index in [2.05, 4.69) is 9.98 Å². The number of aromatic nitrogens is 1. The first-order valence-electron chi connectivity index (χ1n) is 4.51. The molecule has 0 bridgehead atoms. The normalized spacial score (nSPS) is 14.7. The number of benzene rings is 1. The highest BCUT2D eigenvalue weighted by atomic mass is 32.1. The molecule has 0 aliphatic carbocycles. The van der Waals surface area contributed by atoms with E-state index in [1.807, 2.05) is 24.3 Å². The quantitative estimate of drug-likeness (QED) is 0.705. The Balaban J connectivity index is 2.47. The molecule has 0 atom stereocenters. The lowest BCUT2D eigenvalue weighted by Gasteiger charge is -2.06. The number of hydrogen-bond acceptors (Lipinski definition) is 2. The Hall–Kier alpha value is -1.39. The third kappa shape index (κ3) is 1.19. The number of thiocarbonyl (C=S) groups is 2. The highest BCUT2D eigenvalue weighted by Gasteiger charge is 2.20. The highest BCUT2D eigenvalue weighted by Crippen LogP contribution is 2.25. The second-order valence-corrected chi connectivity index (χ2v) is 4.17. The molecule has 3 rings (SSSR count). The smallest absolute Gasteiger partial charge is 0.150 e. The van der Waals surface area contributed by atoms with Crippen LogP contribution < -0.4 is 0 Å². The molecule has 1 N–H and O–H groups in total. The number of nitrogens with zero attached hydrogens (tertiary/aromatic N) is 1. The molecular formula is C11H6N2S2. The van der Waals surface area contributed by atoms with E-state index in [4.69, 9.17) is 24.4 Å². The van der Waals surface area contributed by atoms with Crippen molar-refractivity contribution in [3.05, 3.63) is 35.5 Å². The number of hydrogen-bond donors (Lipinski definition) is 1. The number of aromatic amines is 1. The zero-order valence-electron chi connectivity index (χ0n) is 7.65. The molecule has 0 unspecified atom stereocenters. The van der Waals surface area contributed by atoms with Crippen LogP contribution in [0.2, 0.25) is 0 Å². The fraction of sp³-hybridized carbons (Fsp3) is 0. The minimum atomic E-state index is 0.579. The summed E-state index contributed by atoms with van der Waals surface area (Å²) in [5.74, 6) is 0. The Labute approximate surface area is 97.0 Å². The third-order valence-corrected chi connectivity index (χ3v) is 3.08. The van der Waals surface area contributed by atoms with E-state index in [1.54, 1.807) is 6.21 Å². The van der Waals surface area contributed by atoms with Crippen LogP contribution in [0.3, 0.4) is 0 Å². The molecule has 1 aromatic carbocycles. The van der Waals surface area contributed by atoms with Crippen LogP contribution in [0.4, 0.5) is 0 Å². The summed E-state index contributed by atoms with van der Waals surface area (Å²) in [6, 6.07) is 8.03. The van der Waals surface area contributed by atoms with Crippen LogP contribution in [0.15, 0.2) is 29.3 Å². The zero-order valence-corrected chi connectivity index (χ0v) is 9.28. The van der Waals surface area contributed by atoms with Crippen molar-refractivity contribution in [1.82, 2.24) is 4.98 Å². The topological polar surface area (TPSA) is 28.1 Å². The minimum absolute atomic E-state index is 0.579. The molecule has 2 aromatic rings. The van der Waals surface area contributed by atoms with Gasteiger partial charge in [-0.05, 0) is 6.07 Å². The van der Waals surface area contributed by atoms with E-state index in [1.165, 1.54) is 0 Å². The standard InChI is InChI=1S/C11H6N2S2/c14-8-5-12-11(15)10-9(8)6-3-1-2-4-7(6)13-10/h1-5,13H. The molecule has 2 heterocycles. The summed E-state index contributed by atoms with van der Waals surface area (Å²) in [5, 5.41) is 1.12. The number of rotatable bonds is 0. The van der Waals surface area contributed by atoms with Gasteiger partial charge in [0.25, 0.3) is 0 Å². The molecule has 4 heteroatoms. The van der Waals surface area contributed by atoms with Crippen molar-refractivity contribution in [2.75, 3.05) is 0 Å². The summed E-state index contributed by atoms with van der Waals surface area (Å²) >= 11 is 10.4. The summed E-state index contributed by atoms with van der Waals surface area (Å²) in [4.78, 5) is 8.66. The van der Waals surface area contributed by atoms with Gasteiger partial charge >= 0.3 is 0 Å². The van der Waals surface area contributed by atoms with E-state index in [0.717, 1.165) is 27.0 Å². The van der Waals surface area contributed by atoms with Crippen LogP contribution in [-0.2, 0) is 0 Å². The molecule has 1 aliphatic heterocycles. The number of aliphatic imine (C=N–C) groups is 1. The molecular weight excluding hydrogens is 224 g/mol. The van der Waals surface area contributed by atoms with Gasteiger partial charge in [0.2, 0.25) is 0 Å². The van der Waals surface area contributed by atoms with Crippen molar-refractivity contribution in [2.45, 2.75) is 0 Å². The van der Waals surface area contributed by atoms with E-state index >= 15 is 0 Å². The Bertz CT molecular complexity index is 623. The summed E-state index contributed by atoms with van der Waals surface area (Å²) < 4.78 is 0. The van der Waals surface area contributed by atoms with Gasteiger partial charge in [-0.25, -0.2) is 4.99 Å². The second-order valence-electron chi connectivity index (χ2n) is 3.35. The number of H-pyrrole nitrogens is 1. The summed E-state index contributed by atoms with van der Waals surface area (Å²) in [5.41, 5.74) is 2.94. The first-order chi connectivity index (χ1) is 7.27. The molecule has 1 aliphatic rings. The van der Waals surface area contributed by atoms with Gasteiger partial charge in [0.05, 0.1) is 10.6 Å². The summed E-state index contributed by atoms with van der Waals surface area (Å²) in [7, 11) is 0. The highest BCUT2D eigenvalue weighted by molar-refractivity contribution is 7.83. The van der Waals surface area contributed by atoms with Crippen molar-refractivity contribution in [3.63, 3.8) is 0 Å². The summed E-state index contributed by atoms with van der Waals surface area (Å²) in [6.07, 6.45) is 1.65. The first kappa shape index (κ1) is 8.88. The molecule has 72 valence electrons. The van der Waals surface area contributed by atoms with Gasteiger partial charge < -0.3 is 4.98 Å². The monoisotopic (exact) mass is 230 g/mol. The van der Waals surface area contributed by atoms with E-state index in [9.17, 15) is 0 Å². The fourth-order valence-electron chi connectivity index (χ4n) is 1.80. The Kier molecular flexibility index (Phi) is 1.81. The maximum Gasteiger partial charge on any atom is 0.150 e. The average molecular weight is 230 g/mol. The largest absolute Gasteiger partial charge is 0.352 e. The Morgan fingerprint density at radius 3 is 2.80 bits per heavy atom. The molecule has 1 aromatic heterocycles. The van der Waals surface area contributed by atoms with Crippen LogP contribution in [0, 0.1) is 0 Å². The molecule has 0 amide bonds. The summed E-state index contributed by atoms with van der Waals surface area (Å²) in [6.45, 7) is 0. The van der Waals surface area contributed by atoms with Crippen LogP contribution in [0.1, 0.15) is 11.3 Å². The lowest BCUT2D eigenvalue weighted by Crippen LogP contribution is -2.12. The molecule has 0 saturated carbocycles. The zero-order chi connectivity index (χ0) is 10.4. The van der Waals surface area contributed by atoms with E-state index in [0.29, 0.717) is 4.99 Å². The van der Waals surface area contributed by atoms with Crippen LogP contribution in [-0.4, -0.2) is 21.1 Å². The number of fused-ring (bicyclic) bond motifs is 3.